The minimum Gasteiger partial charge on any atom is -0.350 e. The van der Waals surface area contributed by atoms with E-state index in [1.807, 2.05) is 6.07 Å². The van der Waals surface area contributed by atoms with Crippen molar-refractivity contribution in [1.29, 1.82) is 0 Å². The molecule has 1 aliphatic rings. The van der Waals surface area contributed by atoms with Crippen LogP contribution in [0.1, 0.15) is 50.5 Å². The second-order valence-corrected chi connectivity index (χ2v) is 6.42. The molecule has 3 heteroatoms. The minimum absolute atomic E-state index is 0.0160. The van der Waals surface area contributed by atoms with E-state index >= 15 is 0 Å². The number of hydrogen-bond acceptors (Lipinski definition) is 1. The van der Waals surface area contributed by atoms with Gasteiger partial charge in [-0.1, -0.05) is 65.5 Å². The number of benzene rings is 1. The lowest BCUT2D eigenvalue weighted by Crippen LogP contribution is -2.51. The molecule has 1 saturated carbocycles. The fourth-order valence-corrected chi connectivity index (χ4v) is 3.68. The minimum atomic E-state index is 0.0160. The van der Waals surface area contributed by atoms with Crippen molar-refractivity contribution < 1.29 is 4.79 Å². The molecule has 0 unspecified atom stereocenters. The molecule has 0 spiro atoms. The number of rotatable bonds is 6. The first-order valence-corrected chi connectivity index (χ1v) is 8.77. The maximum absolute atomic E-state index is 12.1. The molecule has 1 aromatic rings. The van der Waals surface area contributed by atoms with E-state index in [4.69, 9.17) is 0 Å². The molecule has 0 radical (unpaired) electrons. The van der Waals surface area contributed by atoms with Gasteiger partial charge in [0.1, 0.15) is 0 Å². The quantitative estimate of drug-likeness (QED) is 0.773. The highest BCUT2D eigenvalue weighted by Crippen LogP contribution is 2.29. The van der Waals surface area contributed by atoms with Crippen LogP contribution in [-0.2, 0) is 11.2 Å². The van der Waals surface area contributed by atoms with Crippen LogP contribution in [0.2, 0.25) is 0 Å². The molecule has 0 saturated heterocycles. The van der Waals surface area contributed by atoms with Gasteiger partial charge in [0.25, 0.3) is 0 Å². The fraction of sp³-hybridized carbons (Fsp3) is 0.588. The van der Waals surface area contributed by atoms with E-state index in [1.165, 1.54) is 24.8 Å². The van der Waals surface area contributed by atoms with Gasteiger partial charge in [-0.3, -0.25) is 4.79 Å². The molecule has 1 fully saturated rings. The molecule has 110 valence electrons. The van der Waals surface area contributed by atoms with Crippen LogP contribution >= 0.6 is 15.9 Å². The first-order valence-electron chi connectivity index (χ1n) is 7.65. The van der Waals surface area contributed by atoms with Gasteiger partial charge in [0.15, 0.2) is 0 Å². The Labute approximate surface area is 130 Å². The number of amides is 1. The molecule has 20 heavy (non-hydrogen) atoms. The van der Waals surface area contributed by atoms with E-state index in [2.05, 4.69) is 45.5 Å². The molecule has 0 bridgehead atoms. The lowest BCUT2D eigenvalue weighted by molar-refractivity contribution is -0.123. The van der Waals surface area contributed by atoms with Crippen molar-refractivity contribution in [2.75, 3.05) is 5.33 Å². The first-order chi connectivity index (χ1) is 9.74. The average molecular weight is 338 g/mol. The Hall–Kier alpha value is -0.830. The van der Waals surface area contributed by atoms with Crippen molar-refractivity contribution in [1.82, 2.24) is 5.32 Å². The summed E-state index contributed by atoms with van der Waals surface area (Å²) in [4.78, 5) is 12.1. The van der Waals surface area contributed by atoms with Gasteiger partial charge < -0.3 is 5.32 Å². The molecule has 1 aliphatic carbocycles. The van der Waals surface area contributed by atoms with Gasteiger partial charge in [0, 0.05) is 17.3 Å². The Bertz CT molecular complexity index is 412. The number of hydrogen-bond donors (Lipinski definition) is 1. The Morgan fingerprint density at radius 1 is 1.15 bits per heavy atom. The molecular formula is C17H24BrNO. The highest BCUT2D eigenvalue weighted by atomic mass is 79.9. The third kappa shape index (κ3) is 4.62. The topological polar surface area (TPSA) is 29.1 Å². The van der Waals surface area contributed by atoms with Crippen LogP contribution in [0.3, 0.4) is 0 Å². The maximum atomic E-state index is 12.1. The van der Waals surface area contributed by atoms with Crippen LogP contribution in [0.5, 0.6) is 0 Å². The lowest BCUT2D eigenvalue weighted by atomic mass is 9.83. The van der Waals surface area contributed by atoms with E-state index in [-0.39, 0.29) is 11.4 Å². The normalized spacial score (nSPS) is 17.6. The zero-order chi connectivity index (χ0) is 14.3. The zero-order valence-corrected chi connectivity index (χ0v) is 13.6. The highest BCUT2D eigenvalue weighted by Gasteiger charge is 2.32. The van der Waals surface area contributed by atoms with Crippen molar-refractivity contribution >= 4 is 21.8 Å². The molecule has 0 aromatic heterocycles. The summed E-state index contributed by atoms with van der Waals surface area (Å²) < 4.78 is 0. The Kier molecular flexibility index (Phi) is 6.08. The molecule has 0 atom stereocenters. The van der Waals surface area contributed by atoms with Crippen molar-refractivity contribution in [3.63, 3.8) is 0 Å². The third-order valence-electron chi connectivity index (χ3n) is 4.18. The van der Waals surface area contributed by atoms with Gasteiger partial charge in [-0.05, 0) is 31.2 Å². The smallest absolute Gasteiger partial charge is 0.220 e. The maximum Gasteiger partial charge on any atom is 0.220 e. The summed E-state index contributed by atoms with van der Waals surface area (Å²) in [6.45, 7) is 0. The lowest BCUT2D eigenvalue weighted by Gasteiger charge is -2.36. The molecule has 2 rings (SSSR count). The van der Waals surface area contributed by atoms with Crippen LogP contribution in [-0.4, -0.2) is 16.8 Å². The average Bonchev–Trinajstić information content (AvgIpc) is 2.49. The van der Waals surface area contributed by atoms with Gasteiger partial charge in [-0.15, -0.1) is 0 Å². The van der Waals surface area contributed by atoms with Crippen molar-refractivity contribution in [2.24, 2.45) is 0 Å². The summed E-state index contributed by atoms with van der Waals surface area (Å²) in [5.74, 6) is 0.210. The van der Waals surface area contributed by atoms with Gasteiger partial charge in [-0.2, -0.15) is 0 Å². The van der Waals surface area contributed by atoms with Crippen molar-refractivity contribution in [3.8, 4) is 0 Å². The predicted octanol–water partition coefficient (Wildman–Crippen LogP) is 4.22. The van der Waals surface area contributed by atoms with Crippen LogP contribution in [0.4, 0.5) is 0 Å². The monoisotopic (exact) mass is 337 g/mol. The summed E-state index contributed by atoms with van der Waals surface area (Å²) >= 11 is 3.59. The van der Waals surface area contributed by atoms with Crippen LogP contribution in [0.25, 0.3) is 0 Å². The summed E-state index contributed by atoms with van der Waals surface area (Å²) in [6.07, 6.45) is 8.53. The number of alkyl halides is 1. The highest BCUT2D eigenvalue weighted by molar-refractivity contribution is 9.09. The van der Waals surface area contributed by atoms with Gasteiger partial charge >= 0.3 is 0 Å². The Morgan fingerprint density at radius 3 is 2.50 bits per heavy atom. The largest absolute Gasteiger partial charge is 0.350 e. The fourth-order valence-electron chi connectivity index (χ4n) is 2.98. The van der Waals surface area contributed by atoms with E-state index in [9.17, 15) is 4.79 Å². The van der Waals surface area contributed by atoms with Crippen LogP contribution < -0.4 is 5.32 Å². The third-order valence-corrected chi connectivity index (χ3v) is 5.26. The second-order valence-electron chi connectivity index (χ2n) is 5.86. The number of nitrogens with one attached hydrogen (secondary N) is 1. The van der Waals surface area contributed by atoms with Gasteiger partial charge in [-0.25, -0.2) is 0 Å². The molecule has 1 N–H and O–H groups in total. The van der Waals surface area contributed by atoms with Crippen LogP contribution in [0.15, 0.2) is 30.3 Å². The van der Waals surface area contributed by atoms with Gasteiger partial charge in [0.2, 0.25) is 5.91 Å². The molecular weight excluding hydrogens is 314 g/mol. The van der Waals surface area contributed by atoms with Crippen LogP contribution in [0, 0.1) is 0 Å². The summed E-state index contributed by atoms with van der Waals surface area (Å²) in [7, 11) is 0. The Balaban J connectivity index is 1.74. The number of carbonyl (C=O) groups is 1. The van der Waals surface area contributed by atoms with Crippen molar-refractivity contribution in [2.45, 2.75) is 56.9 Å². The van der Waals surface area contributed by atoms with Gasteiger partial charge in [0.05, 0.1) is 0 Å². The first kappa shape index (κ1) is 15.6. The Morgan fingerprint density at radius 2 is 1.85 bits per heavy atom. The van der Waals surface area contributed by atoms with E-state index in [0.717, 1.165) is 31.0 Å². The molecule has 1 amide bonds. The number of carbonyl (C=O) groups excluding carboxylic acids is 1. The summed E-state index contributed by atoms with van der Waals surface area (Å²) in [5, 5.41) is 4.16. The zero-order valence-electron chi connectivity index (χ0n) is 12.0. The van der Waals surface area contributed by atoms with E-state index in [1.54, 1.807) is 0 Å². The second kappa shape index (κ2) is 7.82. The number of aryl methyl sites for hydroxylation is 1. The molecule has 0 aliphatic heterocycles. The number of halogens is 1. The summed E-state index contributed by atoms with van der Waals surface area (Å²) in [6, 6.07) is 10.4. The molecule has 2 nitrogen and oxygen atoms in total. The molecule has 0 heterocycles. The van der Waals surface area contributed by atoms with Crippen molar-refractivity contribution in [3.05, 3.63) is 35.9 Å². The van der Waals surface area contributed by atoms with E-state index in [0.29, 0.717) is 6.42 Å². The predicted molar refractivity (Wildman–Crippen MR) is 87.1 cm³/mol. The SMILES string of the molecule is O=C(CCCc1ccccc1)NC1(CBr)CCCCC1. The van der Waals surface area contributed by atoms with E-state index < -0.39 is 0 Å². The molecule has 1 aromatic carbocycles. The standard InChI is InChI=1S/C17H24BrNO/c18-14-17(12-5-2-6-13-17)19-16(20)11-7-10-15-8-3-1-4-9-15/h1,3-4,8-9H,2,5-7,10-14H2,(H,19,20). The summed E-state index contributed by atoms with van der Waals surface area (Å²) in [5.41, 5.74) is 1.33.